The van der Waals surface area contributed by atoms with Crippen molar-refractivity contribution in [2.45, 2.75) is 59.0 Å². The van der Waals surface area contributed by atoms with Crippen molar-refractivity contribution in [3.8, 4) is 5.75 Å². The highest BCUT2D eigenvalue weighted by Crippen LogP contribution is 2.35. The Kier molecular flexibility index (Phi) is 6.27. The number of rotatable bonds is 5. The first-order valence-electron chi connectivity index (χ1n) is 7.73. The van der Waals surface area contributed by atoms with E-state index in [1.165, 1.54) is 12.1 Å². The summed E-state index contributed by atoms with van der Waals surface area (Å²) in [5, 5.41) is 2.50. The van der Waals surface area contributed by atoms with E-state index >= 15 is 0 Å². The molecule has 7 heteroatoms. The topological polar surface area (TPSA) is 64.4 Å². The monoisotopic (exact) mass is 346 g/mol. The van der Waals surface area contributed by atoms with Gasteiger partial charge in [-0.25, -0.2) is 0 Å². The fourth-order valence-corrected chi connectivity index (χ4v) is 1.97. The molecule has 0 saturated carbocycles. The summed E-state index contributed by atoms with van der Waals surface area (Å²) in [6.07, 6.45) is -4.54. The van der Waals surface area contributed by atoms with Gasteiger partial charge in [0.25, 0.3) is 0 Å². The Labute approximate surface area is 140 Å². The second kappa shape index (κ2) is 7.42. The van der Waals surface area contributed by atoms with E-state index in [9.17, 15) is 18.0 Å². The summed E-state index contributed by atoms with van der Waals surface area (Å²) in [4.78, 5) is 11.9. The number of hydrogen-bond donors (Lipinski definition) is 2. The maximum atomic E-state index is 13.3. The second-order valence-electron chi connectivity index (χ2n) is 6.90. The van der Waals surface area contributed by atoms with Gasteiger partial charge in [0.1, 0.15) is 11.4 Å². The van der Waals surface area contributed by atoms with Crippen LogP contribution in [-0.2, 0) is 17.5 Å². The minimum atomic E-state index is -4.54. The van der Waals surface area contributed by atoms with Gasteiger partial charge in [-0.1, -0.05) is 13.0 Å². The number of carbonyl (C=O) groups is 1. The van der Waals surface area contributed by atoms with Gasteiger partial charge in [-0.15, -0.1) is 0 Å². The SMILES string of the molecule is CC(N)C(C)C(=O)NCc1ccc(OC(C)(C)C)cc1C(F)(F)F. The Balaban J connectivity index is 3.00. The molecule has 0 heterocycles. The van der Waals surface area contributed by atoms with Crippen molar-refractivity contribution in [3.05, 3.63) is 29.3 Å². The molecule has 136 valence electrons. The number of nitrogens with two attached hydrogens (primary N) is 1. The van der Waals surface area contributed by atoms with Gasteiger partial charge in [0.2, 0.25) is 5.91 Å². The molecule has 1 rings (SSSR count). The van der Waals surface area contributed by atoms with Gasteiger partial charge in [-0.05, 0) is 45.4 Å². The zero-order valence-corrected chi connectivity index (χ0v) is 14.6. The van der Waals surface area contributed by atoms with E-state index in [0.717, 1.165) is 6.07 Å². The van der Waals surface area contributed by atoms with Crippen molar-refractivity contribution in [1.82, 2.24) is 5.32 Å². The lowest BCUT2D eigenvalue weighted by Gasteiger charge is -2.23. The molecule has 0 aliphatic heterocycles. The molecule has 1 aromatic carbocycles. The van der Waals surface area contributed by atoms with Crippen LogP contribution in [0.5, 0.6) is 5.75 Å². The lowest BCUT2D eigenvalue weighted by atomic mass is 10.0. The van der Waals surface area contributed by atoms with Crippen LogP contribution in [0.3, 0.4) is 0 Å². The number of amides is 1. The first-order chi connectivity index (χ1) is 10.8. The van der Waals surface area contributed by atoms with Gasteiger partial charge in [-0.2, -0.15) is 13.2 Å². The molecular weight excluding hydrogens is 321 g/mol. The van der Waals surface area contributed by atoms with Crippen molar-refractivity contribution in [2.75, 3.05) is 0 Å². The Morgan fingerprint density at radius 1 is 1.25 bits per heavy atom. The van der Waals surface area contributed by atoms with Crippen molar-refractivity contribution >= 4 is 5.91 Å². The molecule has 2 atom stereocenters. The van der Waals surface area contributed by atoms with Gasteiger partial charge in [-0.3, -0.25) is 4.79 Å². The molecule has 1 aromatic rings. The molecule has 2 unspecified atom stereocenters. The Bertz CT molecular complexity index is 578. The molecular formula is C17H25F3N2O2. The Morgan fingerprint density at radius 2 is 1.83 bits per heavy atom. The minimum absolute atomic E-state index is 0.0195. The maximum Gasteiger partial charge on any atom is 0.416 e. The van der Waals surface area contributed by atoms with E-state index in [1.54, 1.807) is 34.6 Å². The van der Waals surface area contributed by atoms with E-state index in [0.29, 0.717) is 0 Å². The number of nitrogens with one attached hydrogen (secondary N) is 1. The van der Waals surface area contributed by atoms with E-state index in [2.05, 4.69) is 5.32 Å². The highest BCUT2D eigenvalue weighted by atomic mass is 19.4. The number of carbonyl (C=O) groups excluding carboxylic acids is 1. The lowest BCUT2D eigenvalue weighted by Crippen LogP contribution is -2.38. The fourth-order valence-electron chi connectivity index (χ4n) is 1.97. The molecule has 0 aliphatic carbocycles. The lowest BCUT2D eigenvalue weighted by molar-refractivity contribution is -0.138. The third kappa shape index (κ3) is 6.03. The number of hydrogen-bond acceptors (Lipinski definition) is 3. The predicted octanol–water partition coefficient (Wildman–Crippen LogP) is 3.48. The summed E-state index contributed by atoms with van der Waals surface area (Å²) >= 11 is 0. The molecule has 0 saturated heterocycles. The molecule has 3 N–H and O–H groups in total. The van der Waals surface area contributed by atoms with Crippen molar-refractivity contribution in [1.29, 1.82) is 0 Å². The normalized spacial score (nSPS) is 14.9. The molecule has 0 aromatic heterocycles. The van der Waals surface area contributed by atoms with Crippen molar-refractivity contribution in [2.24, 2.45) is 11.7 Å². The summed E-state index contributed by atoms with van der Waals surface area (Å²) in [6.45, 7) is 8.34. The molecule has 0 aliphatic rings. The number of halogens is 3. The van der Waals surface area contributed by atoms with Crippen LogP contribution in [0.1, 0.15) is 45.7 Å². The molecule has 1 amide bonds. The number of benzene rings is 1. The van der Waals surface area contributed by atoms with Crippen LogP contribution < -0.4 is 15.8 Å². The molecule has 4 nitrogen and oxygen atoms in total. The summed E-state index contributed by atoms with van der Waals surface area (Å²) < 4.78 is 45.3. The van der Waals surface area contributed by atoms with Gasteiger partial charge in [0, 0.05) is 18.5 Å². The van der Waals surface area contributed by atoms with E-state index in [-0.39, 0.29) is 29.8 Å². The molecule has 0 spiro atoms. The smallest absolute Gasteiger partial charge is 0.416 e. The fraction of sp³-hybridized carbons (Fsp3) is 0.588. The molecule has 24 heavy (non-hydrogen) atoms. The number of alkyl halides is 3. The van der Waals surface area contributed by atoms with E-state index in [4.69, 9.17) is 10.5 Å². The minimum Gasteiger partial charge on any atom is -0.488 e. The van der Waals surface area contributed by atoms with E-state index in [1.807, 2.05) is 0 Å². The predicted molar refractivity (Wildman–Crippen MR) is 86.5 cm³/mol. The third-order valence-electron chi connectivity index (χ3n) is 3.47. The van der Waals surface area contributed by atoms with Crippen LogP contribution >= 0.6 is 0 Å². The average Bonchev–Trinajstić information content (AvgIpc) is 2.41. The van der Waals surface area contributed by atoms with Crippen molar-refractivity contribution < 1.29 is 22.7 Å². The highest BCUT2D eigenvalue weighted by molar-refractivity contribution is 5.78. The quantitative estimate of drug-likeness (QED) is 0.858. The molecule has 0 fully saturated rings. The first kappa shape index (κ1) is 20.3. The van der Waals surface area contributed by atoms with Crippen LogP contribution in [0.2, 0.25) is 0 Å². The van der Waals surface area contributed by atoms with Crippen LogP contribution in [0.4, 0.5) is 13.2 Å². The molecule has 0 bridgehead atoms. The van der Waals surface area contributed by atoms with Crippen LogP contribution in [0, 0.1) is 5.92 Å². The number of ether oxygens (including phenoxy) is 1. The van der Waals surface area contributed by atoms with Crippen molar-refractivity contribution in [3.63, 3.8) is 0 Å². The van der Waals surface area contributed by atoms with Crippen LogP contribution in [0.25, 0.3) is 0 Å². The third-order valence-corrected chi connectivity index (χ3v) is 3.47. The largest absolute Gasteiger partial charge is 0.488 e. The summed E-state index contributed by atoms with van der Waals surface area (Å²) in [5.41, 5.74) is 4.18. The standard InChI is InChI=1S/C17H25F3N2O2/c1-10(11(2)21)15(23)22-9-12-6-7-13(24-16(3,4)5)8-14(12)17(18,19)20/h6-8,10-11H,9,21H2,1-5H3,(H,22,23). The van der Waals surface area contributed by atoms with Gasteiger partial charge in [0.05, 0.1) is 5.56 Å². The average molecular weight is 346 g/mol. The van der Waals surface area contributed by atoms with Gasteiger partial charge < -0.3 is 15.8 Å². The van der Waals surface area contributed by atoms with Gasteiger partial charge in [0.15, 0.2) is 0 Å². The zero-order valence-electron chi connectivity index (χ0n) is 14.6. The molecule has 0 radical (unpaired) electrons. The van der Waals surface area contributed by atoms with E-state index < -0.39 is 23.3 Å². The van der Waals surface area contributed by atoms with Gasteiger partial charge >= 0.3 is 6.18 Å². The summed E-state index contributed by atoms with van der Waals surface area (Å²) in [5.74, 6) is -0.732. The Hall–Kier alpha value is -1.76. The van der Waals surface area contributed by atoms with Crippen LogP contribution in [-0.4, -0.2) is 17.6 Å². The first-order valence-corrected chi connectivity index (χ1v) is 7.73. The van der Waals surface area contributed by atoms with Crippen LogP contribution in [0.15, 0.2) is 18.2 Å². The second-order valence-corrected chi connectivity index (χ2v) is 6.90. The Morgan fingerprint density at radius 3 is 2.29 bits per heavy atom. The zero-order chi connectivity index (χ0) is 18.7. The summed E-state index contributed by atoms with van der Waals surface area (Å²) in [6, 6.07) is 3.37. The highest BCUT2D eigenvalue weighted by Gasteiger charge is 2.34. The maximum absolute atomic E-state index is 13.3. The summed E-state index contributed by atoms with van der Waals surface area (Å²) in [7, 11) is 0.